The number of thiazole rings is 1. The number of rotatable bonds is 9. The maximum atomic E-state index is 2.49. The van der Waals surface area contributed by atoms with Gasteiger partial charge < -0.3 is 4.90 Å². The third-order valence-electron chi connectivity index (χ3n) is 7.32. The fourth-order valence-corrected chi connectivity index (χ4v) is 8.83. The lowest BCUT2D eigenvalue weighted by molar-refractivity contribution is -0.641. The first kappa shape index (κ1) is 28.2. The van der Waals surface area contributed by atoms with E-state index in [1.165, 1.54) is 69.5 Å². The standard InChI is InChI=1S/C35H33N2S4/c1-36-32(40-31-24-30(39-3)27-16-11-12-17-28(27)34(31)36)18-7-5-4-6-8-19-33-37(22-13-23-38-2)29-21-20-25-14-9-10-15-26(25)35(29)41-33/h4-12,14-21,24H,13,22-23H2,1-3H3/q+1. The van der Waals surface area contributed by atoms with Crippen molar-refractivity contribution in [1.29, 1.82) is 0 Å². The molecule has 2 nitrogen and oxygen atoms in total. The molecule has 0 unspecified atom stereocenters. The molecule has 0 N–H and O–H groups in total. The van der Waals surface area contributed by atoms with E-state index >= 15 is 0 Å². The van der Waals surface area contributed by atoms with Crippen LogP contribution in [0.5, 0.6) is 0 Å². The van der Waals surface area contributed by atoms with Gasteiger partial charge in [-0.15, -0.1) is 11.8 Å². The number of nitrogens with zero attached hydrogens (tertiary/aromatic N) is 2. The normalized spacial score (nSPS) is 14.8. The molecule has 0 bridgehead atoms. The van der Waals surface area contributed by atoms with E-state index in [2.05, 4.69) is 138 Å². The van der Waals surface area contributed by atoms with Gasteiger partial charge in [-0.2, -0.15) is 16.3 Å². The molecule has 0 atom stereocenters. The Morgan fingerprint density at radius 1 is 0.854 bits per heavy atom. The summed E-state index contributed by atoms with van der Waals surface area (Å²) in [6.07, 6.45) is 20.6. The van der Waals surface area contributed by atoms with Crippen molar-refractivity contribution in [2.75, 3.05) is 29.7 Å². The molecule has 4 aromatic carbocycles. The highest BCUT2D eigenvalue weighted by molar-refractivity contribution is 8.04. The fourth-order valence-electron chi connectivity index (χ4n) is 5.35. The summed E-state index contributed by atoms with van der Waals surface area (Å²) >= 11 is 7.48. The highest BCUT2D eigenvalue weighted by atomic mass is 32.2. The Balaban J connectivity index is 1.19. The Kier molecular flexibility index (Phi) is 8.92. The molecule has 1 aromatic heterocycles. The van der Waals surface area contributed by atoms with Crippen molar-refractivity contribution >= 4 is 90.1 Å². The van der Waals surface area contributed by atoms with Crippen molar-refractivity contribution in [2.45, 2.75) is 16.2 Å². The second-order valence-electron chi connectivity index (χ2n) is 9.84. The lowest BCUT2D eigenvalue weighted by Crippen LogP contribution is -2.29. The second kappa shape index (κ2) is 13.0. The Labute approximate surface area is 259 Å². The van der Waals surface area contributed by atoms with Gasteiger partial charge in [-0.1, -0.05) is 102 Å². The largest absolute Gasteiger partial charge is 0.335 e. The first-order valence-corrected chi connectivity index (χ1v) is 18.0. The van der Waals surface area contributed by atoms with Gasteiger partial charge in [0, 0.05) is 27.8 Å². The summed E-state index contributed by atoms with van der Waals surface area (Å²) in [5.74, 6) is 1.18. The molecular formula is C35H33N2S4+. The lowest BCUT2D eigenvalue weighted by Gasteiger charge is -2.20. The summed E-state index contributed by atoms with van der Waals surface area (Å²) in [5.41, 5.74) is 2.64. The van der Waals surface area contributed by atoms with Crippen molar-refractivity contribution < 1.29 is 4.57 Å². The van der Waals surface area contributed by atoms with Crippen molar-refractivity contribution in [3.8, 4) is 0 Å². The molecule has 6 rings (SSSR count). The average Bonchev–Trinajstić information content (AvgIpc) is 3.53. The first-order chi connectivity index (χ1) is 20.2. The molecule has 0 spiro atoms. The van der Waals surface area contributed by atoms with Crippen molar-refractivity contribution in [2.24, 2.45) is 7.05 Å². The summed E-state index contributed by atoms with van der Waals surface area (Å²) in [5, 5.41) is 7.84. The molecule has 0 radical (unpaired) electrons. The maximum absolute atomic E-state index is 2.49. The summed E-state index contributed by atoms with van der Waals surface area (Å²) < 4.78 is 3.65. The average molecular weight is 610 g/mol. The Morgan fingerprint density at radius 2 is 1.61 bits per heavy atom. The highest BCUT2D eigenvalue weighted by Crippen LogP contribution is 2.49. The summed E-state index contributed by atoms with van der Waals surface area (Å²) in [4.78, 5) is 5.20. The van der Waals surface area contributed by atoms with E-state index in [1.54, 1.807) is 0 Å². The van der Waals surface area contributed by atoms with Crippen LogP contribution < -0.4 is 9.47 Å². The number of fused-ring (bicyclic) bond motifs is 6. The number of hydrogen-bond donors (Lipinski definition) is 0. The van der Waals surface area contributed by atoms with Crippen LogP contribution in [0.1, 0.15) is 11.4 Å². The van der Waals surface area contributed by atoms with Crippen LogP contribution in [0.2, 0.25) is 0 Å². The van der Waals surface area contributed by atoms with Crippen LogP contribution in [-0.2, 0) is 7.05 Å². The Bertz CT molecular complexity index is 1840. The van der Waals surface area contributed by atoms with Gasteiger partial charge in [0.1, 0.15) is 11.7 Å². The van der Waals surface area contributed by atoms with Gasteiger partial charge in [-0.3, -0.25) is 0 Å². The Morgan fingerprint density at radius 3 is 2.44 bits per heavy atom. The molecule has 5 aromatic rings. The van der Waals surface area contributed by atoms with Gasteiger partial charge in [0.05, 0.1) is 16.1 Å². The van der Waals surface area contributed by atoms with Gasteiger partial charge in [-0.05, 0) is 59.7 Å². The van der Waals surface area contributed by atoms with E-state index in [9.17, 15) is 0 Å². The molecular weight excluding hydrogens is 577 g/mol. The van der Waals surface area contributed by atoms with Gasteiger partial charge in [0.15, 0.2) is 0 Å². The minimum atomic E-state index is 1.04. The van der Waals surface area contributed by atoms with Crippen LogP contribution in [-0.4, -0.2) is 24.8 Å². The number of aromatic nitrogens is 1. The number of hydrogen-bond acceptors (Lipinski definition) is 5. The molecule has 1 aliphatic rings. The van der Waals surface area contributed by atoms with Crippen LogP contribution in [0.3, 0.4) is 0 Å². The summed E-state index contributed by atoms with van der Waals surface area (Å²) in [6, 6.07) is 24.3. The number of benzene rings is 4. The van der Waals surface area contributed by atoms with E-state index < -0.39 is 0 Å². The zero-order valence-electron chi connectivity index (χ0n) is 23.5. The van der Waals surface area contributed by atoms with Crippen molar-refractivity contribution in [3.05, 3.63) is 113 Å². The van der Waals surface area contributed by atoms with Crippen molar-refractivity contribution in [1.82, 2.24) is 0 Å². The van der Waals surface area contributed by atoms with Crippen LogP contribution >= 0.6 is 46.6 Å². The predicted octanol–water partition coefficient (Wildman–Crippen LogP) is 10.1. The number of thioether (sulfide) groups is 3. The van der Waals surface area contributed by atoms with Crippen LogP contribution in [0.15, 0.2) is 118 Å². The molecule has 1 aliphatic heterocycles. The second-order valence-corrected chi connectivity index (χ2v) is 13.8. The third kappa shape index (κ3) is 5.76. The smallest absolute Gasteiger partial charge is 0.262 e. The zero-order valence-corrected chi connectivity index (χ0v) is 26.8. The van der Waals surface area contributed by atoms with E-state index in [-0.39, 0.29) is 0 Å². The van der Waals surface area contributed by atoms with Gasteiger partial charge in [-0.25, -0.2) is 0 Å². The lowest BCUT2D eigenvalue weighted by atomic mass is 10.1. The topological polar surface area (TPSA) is 7.12 Å². The highest BCUT2D eigenvalue weighted by Gasteiger charge is 2.26. The third-order valence-corrected chi connectivity index (χ3v) is 11.1. The van der Waals surface area contributed by atoms with Crippen LogP contribution in [0, 0.1) is 0 Å². The number of allylic oxidation sites excluding steroid dienone is 6. The van der Waals surface area contributed by atoms with E-state index in [0.29, 0.717) is 0 Å². The van der Waals surface area contributed by atoms with Gasteiger partial charge >= 0.3 is 0 Å². The molecule has 41 heavy (non-hydrogen) atoms. The van der Waals surface area contributed by atoms with Crippen LogP contribution in [0.4, 0.5) is 5.69 Å². The van der Waals surface area contributed by atoms with E-state index in [4.69, 9.17) is 0 Å². The van der Waals surface area contributed by atoms with E-state index in [0.717, 1.165) is 6.54 Å². The van der Waals surface area contributed by atoms with Crippen molar-refractivity contribution in [3.63, 3.8) is 0 Å². The minimum absolute atomic E-state index is 1.04. The summed E-state index contributed by atoms with van der Waals surface area (Å²) in [6.45, 7) is 1.04. The number of anilines is 1. The molecule has 0 aliphatic carbocycles. The first-order valence-electron chi connectivity index (χ1n) is 13.8. The monoisotopic (exact) mass is 609 g/mol. The molecule has 0 fully saturated rings. The zero-order chi connectivity index (χ0) is 28.2. The number of aryl methyl sites for hydroxylation is 1. The SMILES string of the molecule is CSCCCN1C(=CC=CC=CC=Cc2sc3cc(SC)c4ccccc4c3[n+]2C)Sc2c1ccc1ccccc21. The van der Waals surface area contributed by atoms with E-state index in [1.807, 2.05) is 46.6 Å². The summed E-state index contributed by atoms with van der Waals surface area (Å²) in [7, 11) is 2.17. The molecule has 206 valence electrons. The molecule has 0 saturated heterocycles. The minimum Gasteiger partial charge on any atom is -0.335 e. The molecule has 0 saturated carbocycles. The molecule has 2 heterocycles. The fraction of sp³-hybridized carbons (Fsp3) is 0.171. The predicted molar refractivity (Wildman–Crippen MR) is 188 cm³/mol. The molecule has 0 amide bonds. The maximum Gasteiger partial charge on any atom is 0.262 e. The molecule has 6 heteroatoms. The van der Waals surface area contributed by atoms with Crippen LogP contribution in [0.25, 0.3) is 37.8 Å². The van der Waals surface area contributed by atoms with Gasteiger partial charge in [0.2, 0.25) is 5.52 Å². The Hall–Kier alpha value is -2.90. The van der Waals surface area contributed by atoms with Gasteiger partial charge in [0.25, 0.3) is 5.01 Å². The quantitative estimate of drug-likeness (QED) is 0.0710.